The molecule has 6 heteroatoms. The summed E-state index contributed by atoms with van der Waals surface area (Å²) >= 11 is 0. The monoisotopic (exact) mass is 373 g/mol. The first-order chi connectivity index (χ1) is 12.6. The van der Waals surface area contributed by atoms with Gasteiger partial charge in [-0.3, -0.25) is 4.90 Å². The summed E-state index contributed by atoms with van der Waals surface area (Å²) in [5, 5.41) is 0. The van der Waals surface area contributed by atoms with Gasteiger partial charge in [0.25, 0.3) is 0 Å². The largest absolute Gasteiger partial charge is 0.301 e. The molecule has 0 unspecified atom stereocenters. The lowest BCUT2D eigenvalue weighted by atomic mass is 10.0. The number of likely N-dealkylation sites (N-methyl/N-ethyl adjacent to an activating group) is 1. The van der Waals surface area contributed by atoms with Gasteiger partial charge in [0.15, 0.2) is 0 Å². The van der Waals surface area contributed by atoms with Crippen molar-refractivity contribution in [3.63, 3.8) is 0 Å². The number of sulfonamides is 1. The zero-order chi connectivity index (χ0) is 18.4. The molecule has 1 saturated heterocycles. The Morgan fingerprint density at radius 2 is 1.50 bits per heavy atom. The van der Waals surface area contributed by atoms with E-state index in [0.29, 0.717) is 11.4 Å². The molecule has 1 aliphatic rings. The van der Waals surface area contributed by atoms with Gasteiger partial charge in [-0.1, -0.05) is 55.5 Å². The fourth-order valence-electron chi connectivity index (χ4n) is 3.40. The summed E-state index contributed by atoms with van der Waals surface area (Å²) in [5.41, 5.74) is 1.15. The van der Waals surface area contributed by atoms with Crippen molar-refractivity contribution < 1.29 is 8.42 Å². The van der Waals surface area contributed by atoms with Gasteiger partial charge in [-0.25, -0.2) is 13.1 Å². The predicted octanol–water partition coefficient (Wildman–Crippen LogP) is 2.34. The number of hydrogen-bond acceptors (Lipinski definition) is 4. The van der Waals surface area contributed by atoms with Crippen molar-refractivity contribution >= 4 is 10.0 Å². The minimum atomic E-state index is -3.50. The molecule has 26 heavy (non-hydrogen) atoms. The van der Waals surface area contributed by atoms with E-state index < -0.39 is 10.0 Å². The van der Waals surface area contributed by atoms with Gasteiger partial charge < -0.3 is 4.90 Å². The molecule has 1 aliphatic heterocycles. The molecule has 0 aromatic heterocycles. The van der Waals surface area contributed by atoms with E-state index in [-0.39, 0.29) is 6.04 Å². The van der Waals surface area contributed by atoms with Crippen LogP contribution in [0.25, 0.3) is 0 Å². The molecule has 2 aromatic carbocycles. The van der Waals surface area contributed by atoms with Gasteiger partial charge in [0, 0.05) is 38.8 Å². The molecule has 5 nitrogen and oxygen atoms in total. The van der Waals surface area contributed by atoms with Gasteiger partial charge in [0.2, 0.25) is 10.0 Å². The minimum absolute atomic E-state index is 0.0358. The molecule has 0 aliphatic carbocycles. The molecule has 3 rings (SSSR count). The number of benzene rings is 2. The van der Waals surface area contributed by atoms with E-state index in [9.17, 15) is 8.42 Å². The molecule has 0 bridgehead atoms. The van der Waals surface area contributed by atoms with Crippen LogP contribution in [-0.4, -0.2) is 57.5 Å². The molecule has 140 valence electrons. The Bertz CT molecular complexity index is 773. The summed E-state index contributed by atoms with van der Waals surface area (Å²) in [6, 6.07) is 18.8. The van der Waals surface area contributed by atoms with Gasteiger partial charge in [-0.15, -0.1) is 0 Å². The fraction of sp³-hybridized carbons (Fsp3) is 0.400. The second kappa shape index (κ2) is 8.77. The zero-order valence-corrected chi connectivity index (χ0v) is 16.0. The summed E-state index contributed by atoms with van der Waals surface area (Å²) in [5.74, 6) is 0. The van der Waals surface area contributed by atoms with Crippen LogP contribution in [0.1, 0.15) is 18.5 Å². The van der Waals surface area contributed by atoms with E-state index in [1.165, 1.54) is 0 Å². The van der Waals surface area contributed by atoms with Crippen LogP contribution in [0.4, 0.5) is 0 Å². The Morgan fingerprint density at radius 3 is 2.08 bits per heavy atom. The Hall–Kier alpha value is -1.73. The molecule has 0 radical (unpaired) electrons. The zero-order valence-electron chi connectivity index (χ0n) is 15.2. The summed E-state index contributed by atoms with van der Waals surface area (Å²) in [6.07, 6.45) is 0. The molecule has 0 spiro atoms. The highest BCUT2D eigenvalue weighted by molar-refractivity contribution is 7.89. The number of nitrogens with zero attached hydrogens (tertiary/aromatic N) is 2. The number of piperazine rings is 1. The molecule has 2 aromatic rings. The average Bonchev–Trinajstić information content (AvgIpc) is 2.70. The number of hydrogen-bond donors (Lipinski definition) is 1. The quantitative estimate of drug-likeness (QED) is 0.809. The van der Waals surface area contributed by atoms with Crippen LogP contribution in [0.2, 0.25) is 0 Å². The lowest BCUT2D eigenvalue weighted by Crippen LogP contribution is -2.49. The molecule has 1 atom stereocenters. The van der Waals surface area contributed by atoms with E-state index in [0.717, 1.165) is 38.3 Å². The first kappa shape index (κ1) is 19.0. The smallest absolute Gasteiger partial charge is 0.240 e. The standard InChI is InChI=1S/C20H27N3O2S/c1-2-22-13-15-23(16-14-22)20(18-9-5-3-6-10-18)17-21-26(24,25)19-11-7-4-8-12-19/h3-12,20-21H,2,13-17H2,1H3/t20-/m1/s1. The highest BCUT2D eigenvalue weighted by atomic mass is 32.2. The second-order valence-corrected chi connectivity index (χ2v) is 8.33. The van der Waals surface area contributed by atoms with Crippen LogP contribution in [-0.2, 0) is 10.0 Å². The van der Waals surface area contributed by atoms with Crippen molar-refractivity contribution in [3.8, 4) is 0 Å². The Morgan fingerprint density at radius 1 is 0.923 bits per heavy atom. The lowest BCUT2D eigenvalue weighted by Gasteiger charge is -2.39. The van der Waals surface area contributed by atoms with Crippen molar-refractivity contribution in [1.29, 1.82) is 0 Å². The average molecular weight is 374 g/mol. The van der Waals surface area contributed by atoms with Crippen molar-refractivity contribution in [2.24, 2.45) is 0 Å². The molecular formula is C20H27N3O2S. The second-order valence-electron chi connectivity index (χ2n) is 6.56. The summed E-state index contributed by atoms with van der Waals surface area (Å²) < 4.78 is 28.0. The van der Waals surface area contributed by atoms with Gasteiger partial charge in [-0.2, -0.15) is 0 Å². The normalized spacial score (nSPS) is 17.9. The Balaban J connectivity index is 1.74. The van der Waals surface area contributed by atoms with Crippen molar-refractivity contribution in [2.75, 3.05) is 39.3 Å². The molecule has 0 amide bonds. The fourth-order valence-corrected chi connectivity index (χ4v) is 4.46. The van der Waals surface area contributed by atoms with E-state index in [1.54, 1.807) is 24.3 Å². The van der Waals surface area contributed by atoms with Gasteiger partial charge >= 0.3 is 0 Å². The molecule has 1 N–H and O–H groups in total. The third-order valence-corrected chi connectivity index (χ3v) is 6.44. The maximum absolute atomic E-state index is 12.6. The topological polar surface area (TPSA) is 52.6 Å². The highest BCUT2D eigenvalue weighted by Gasteiger charge is 2.26. The number of nitrogens with one attached hydrogen (secondary N) is 1. The third kappa shape index (κ3) is 4.71. The molecule has 0 saturated carbocycles. The lowest BCUT2D eigenvalue weighted by molar-refractivity contribution is 0.100. The molecular weight excluding hydrogens is 346 g/mol. The molecule has 1 heterocycles. The van der Waals surface area contributed by atoms with Crippen LogP contribution in [0.15, 0.2) is 65.6 Å². The third-order valence-electron chi connectivity index (χ3n) is 5.00. The minimum Gasteiger partial charge on any atom is -0.301 e. The highest BCUT2D eigenvalue weighted by Crippen LogP contribution is 2.22. The Kier molecular flexibility index (Phi) is 6.43. The van der Waals surface area contributed by atoms with Crippen LogP contribution < -0.4 is 4.72 Å². The van der Waals surface area contributed by atoms with Gasteiger partial charge in [0.05, 0.1) is 4.90 Å². The van der Waals surface area contributed by atoms with Gasteiger partial charge in [0.1, 0.15) is 0 Å². The summed E-state index contributed by atoms with van der Waals surface area (Å²) in [4.78, 5) is 5.12. The van der Waals surface area contributed by atoms with E-state index in [2.05, 4.69) is 33.6 Å². The van der Waals surface area contributed by atoms with Crippen molar-refractivity contribution in [1.82, 2.24) is 14.5 Å². The number of rotatable bonds is 7. The van der Waals surface area contributed by atoms with E-state index >= 15 is 0 Å². The first-order valence-electron chi connectivity index (χ1n) is 9.16. The first-order valence-corrected chi connectivity index (χ1v) is 10.6. The van der Waals surface area contributed by atoms with Crippen LogP contribution in [0, 0.1) is 0 Å². The van der Waals surface area contributed by atoms with E-state index in [1.807, 2.05) is 24.3 Å². The predicted molar refractivity (Wildman–Crippen MR) is 105 cm³/mol. The SMILES string of the molecule is CCN1CCN([C@H](CNS(=O)(=O)c2ccccc2)c2ccccc2)CC1. The maximum atomic E-state index is 12.6. The van der Waals surface area contributed by atoms with Crippen molar-refractivity contribution in [2.45, 2.75) is 17.9 Å². The summed E-state index contributed by atoms with van der Waals surface area (Å²) in [6.45, 7) is 7.54. The molecule has 1 fully saturated rings. The van der Waals surface area contributed by atoms with Crippen LogP contribution >= 0.6 is 0 Å². The van der Waals surface area contributed by atoms with E-state index in [4.69, 9.17) is 0 Å². The van der Waals surface area contributed by atoms with Crippen LogP contribution in [0.3, 0.4) is 0 Å². The summed E-state index contributed by atoms with van der Waals surface area (Å²) in [7, 11) is -3.50. The Labute approximate surface area is 156 Å². The maximum Gasteiger partial charge on any atom is 0.240 e. The van der Waals surface area contributed by atoms with Crippen molar-refractivity contribution in [3.05, 3.63) is 66.2 Å². The van der Waals surface area contributed by atoms with Crippen LogP contribution in [0.5, 0.6) is 0 Å². The van der Waals surface area contributed by atoms with Gasteiger partial charge in [-0.05, 0) is 24.2 Å².